The van der Waals surface area contributed by atoms with Crippen molar-refractivity contribution in [1.29, 1.82) is 0 Å². The summed E-state index contributed by atoms with van der Waals surface area (Å²) in [6, 6.07) is 3.28. The lowest BCUT2D eigenvalue weighted by Crippen LogP contribution is -2.35. The summed E-state index contributed by atoms with van der Waals surface area (Å²) in [5.41, 5.74) is -1.35. The van der Waals surface area contributed by atoms with E-state index in [1.54, 1.807) is 0 Å². The lowest BCUT2D eigenvalue weighted by molar-refractivity contribution is -0.138. The van der Waals surface area contributed by atoms with Gasteiger partial charge in [0.2, 0.25) is 0 Å². The van der Waals surface area contributed by atoms with Crippen molar-refractivity contribution in [3.05, 3.63) is 29.3 Å². The fourth-order valence-electron chi connectivity index (χ4n) is 2.70. The Morgan fingerprint density at radius 2 is 2.05 bits per heavy atom. The van der Waals surface area contributed by atoms with E-state index in [4.69, 9.17) is 5.11 Å². The zero-order valence-corrected chi connectivity index (χ0v) is 11.8. The number of carbonyl (C=O) groups is 1. The highest BCUT2D eigenvalue weighted by molar-refractivity contribution is 5.90. The number of hydrogen-bond acceptors (Lipinski definition) is 2. The summed E-state index contributed by atoms with van der Waals surface area (Å²) in [6.07, 6.45) is -0.378. The van der Waals surface area contributed by atoms with Gasteiger partial charge >= 0.3 is 12.1 Å². The molecular formula is C15H18F3NO2. The monoisotopic (exact) mass is 301 g/mol. The predicted octanol–water partition coefficient (Wildman–Crippen LogP) is 4.40. The molecule has 2 rings (SSSR count). The number of aromatic carboxylic acids is 1. The van der Waals surface area contributed by atoms with Crippen LogP contribution < -0.4 is 5.32 Å². The molecule has 1 aliphatic rings. The van der Waals surface area contributed by atoms with Gasteiger partial charge in [-0.05, 0) is 42.9 Å². The van der Waals surface area contributed by atoms with Gasteiger partial charge in [0.15, 0.2) is 0 Å². The number of rotatable bonds is 5. The molecule has 1 aromatic rings. The van der Waals surface area contributed by atoms with Crippen LogP contribution in [-0.2, 0) is 6.18 Å². The van der Waals surface area contributed by atoms with Crippen molar-refractivity contribution in [3.8, 4) is 0 Å². The molecule has 116 valence electrons. The molecule has 0 radical (unpaired) electrons. The number of carboxylic acid groups (broad SMARTS) is 1. The van der Waals surface area contributed by atoms with Crippen LogP contribution in [0.1, 0.15) is 48.5 Å². The first-order valence-electron chi connectivity index (χ1n) is 6.96. The Morgan fingerprint density at radius 1 is 1.38 bits per heavy atom. The molecule has 6 heteroatoms. The van der Waals surface area contributed by atoms with Crippen molar-refractivity contribution in [3.63, 3.8) is 0 Å². The second-order valence-electron chi connectivity index (χ2n) is 5.62. The van der Waals surface area contributed by atoms with E-state index in [1.807, 2.05) is 0 Å². The average molecular weight is 301 g/mol. The van der Waals surface area contributed by atoms with Crippen LogP contribution in [-0.4, -0.2) is 17.6 Å². The summed E-state index contributed by atoms with van der Waals surface area (Å²) in [5, 5.41) is 11.9. The Balaban J connectivity index is 2.20. The smallest absolute Gasteiger partial charge is 0.417 e. The van der Waals surface area contributed by atoms with Crippen molar-refractivity contribution in [2.45, 2.75) is 38.8 Å². The molecular weight excluding hydrogens is 283 g/mol. The predicted molar refractivity (Wildman–Crippen MR) is 73.5 cm³/mol. The number of halogens is 3. The Bertz CT molecular complexity index is 531. The van der Waals surface area contributed by atoms with Crippen LogP contribution in [0.4, 0.5) is 18.9 Å². The minimum Gasteiger partial charge on any atom is -0.478 e. The highest BCUT2D eigenvalue weighted by atomic mass is 19.4. The number of hydrogen-bond donors (Lipinski definition) is 2. The Labute approximate surface area is 121 Å². The highest BCUT2D eigenvalue weighted by Gasteiger charge is 2.37. The van der Waals surface area contributed by atoms with E-state index in [9.17, 15) is 18.0 Å². The van der Waals surface area contributed by atoms with E-state index >= 15 is 0 Å². The maximum Gasteiger partial charge on any atom is 0.417 e. The SMILES string of the molecule is CCC1(CNc2ccc(C(=O)O)c(C(F)(F)F)c2)CCC1. The van der Waals surface area contributed by atoms with Crippen LogP contribution in [0.25, 0.3) is 0 Å². The van der Waals surface area contributed by atoms with E-state index < -0.39 is 23.3 Å². The minimum absolute atomic E-state index is 0.171. The van der Waals surface area contributed by atoms with Gasteiger partial charge < -0.3 is 10.4 Å². The van der Waals surface area contributed by atoms with Crippen LogP contribution in [0.15, 0.2) is 18.2 Å². The van der Waals surface area contributed by atoms with Crippen molar-refractivity contribution < 1.29 is 23.1 Å². The van der Waals surface area contributed by atoms with Gasteiger partial charge in [0.25, 0.3) is 0 Å². The first kappa shape index (κ1) is 15.7. The Hall–Kier alpha value is -1.72. The molecule has 0 saturated heterocycles. The Kier molecular flexibility index (Phi) is 4.16. The summed E-state index contributed by atoms with van der Waals surface area (Å²) in [6.45, 7) is 2.70. The normalized spacial score (nSPS) is 17.1. The first-order valence-corrected chi connectivity index (χ1v) is 6.96. The van der Waals surface area contributed by atoms with E-state index in [2.05, 4.69) is 12.2 Å². The van der Waals surface area contributed by atoms with Crippen molar-refractivity contribution in [1.82, 2.24) is 0 Å². The molecule has 1 saturated carbocycles. The van der Waals surface area contributed by atoms with Crippen LogP contribution in [0.2, 0.25) is 0 Å². The van der Waals surface area contributed by atoms with Crippen molar-refractivity contribution in [2.24, 2.45) is 5.41 Å². The van der Waals surface area contributed by atoms with Crippen molar-refractivity contribution >= 4 is 11.7 Å². The maximum atomic E-state index is 12.9. The summed E-state index contributed by atoms with van der Waals surface area (Å²) in [5.74, 6) is -1.57. The molecule has 1 aromatic carbocycles. The molecule has 2 N–H and O–H groups in total. The molecule has 3 nitrogen and oxygen atoms in total. The average Bonchev–Trinajstić information content (AvgIpc) is 2.36. The summed E-state index contributed by atoms with van der Waals surface area (Å²) in [7, 11) is 0. The minimum atomic E-state index is -4.68. The number of alkyl halides is 3. The first-order chi connectivity index (χ1) is 9.77. The van der Waals surface area contributed by atoms with Gasteiger partial charge in [0.05, 0.1) is 11.1 Å². The number of carboxylic acids is 1. The third kappa shape index (κ3) is 3.31. The molecule has 0 spiro atoms. The fraction of sp³-hybridized carbons (Fsp3) is 0.533. The molecule has 0 aromatic heterocycles. The van der Waals surface area contributed by atoms with Crippen molar-refractivity contribution in [2.75, 3.05) is 11.9 Å². The summed E-state index contributed by atoms with van der Waals surface area (Å²) < 4.78 is 38.7. The molecule has 1 fully saturated rings. The molecule has 0 aliphatic heterocycles. The highest BCUT2D eigenvalue weighted by Crippen LogP contribution is 2.44. The molecule has 0 bridgehead atoms. The van der Waals surface area contributed by atoms with E-state index in [0.29, 0.717) is 12.2 Å². The van der Waals surface area contributed by atoms with Gasteiger partial charge in [-0.15, -0.1) is 0 Å². The zero-order valence-electron chi connectivity index (χ0n) is 11.8. The second kappa shape index (κ2) is 5.58. The van der Waals surface area contributed by atoms with Crippen LogP contribution in [0, 0.1) is 5.41 Å². The number of anilines is 1. The Morgan fingerprint density at radius 3 is 2.48 bits per heavy atom. The topological polar surface area (TPSA) is 49.3 Å². The quantitative estimate of drug-likeness (QED) is 0.847. The third-order valence-corrected chi connectivity index (χ3v) is 4.39. The van der Waals surface area contributed by atoms with Gasteiger partial charge in [0.1, 0.15) is 0 Å². The van der Waals surface area contributed by atoms with E-state index in [-0.39, 0.29) is 5.41 Å². The van der Waals surface area contributed by atoms with Gasteiger partial charge in [-0.1, -0.05) is 13.3 Å². The molecule has 0 amide bonds. The lowest BCUT2D eigenvalue weighted by atomic mass is 9.67. The number of benzene rings is 1. The summed E-state index contributed by atoms with van der Waals surface area (Å²) >= 11 is 0. The fourth-order valence-corrected chi connectivity index (χ4v) is 2.70. The zero-order chi connectivity index (χ0) is 15.7. The van der Waals surface area contributed by atoms with Gasteiger partial charge in [-0.3, -0.25) is 0 Å². The molecule has 0 heterocycles. The molecule has 0 atom stereocenters. The number of nitrogens with one attached hydrogen (secondary N) is 1. The third-order valence-electron chi connectivity index (χ3n) is 4.39. The maximum absolute atomic E-state index is 12.9. The largest absolute Gasteiger partial charge is 0.478 e. The summed E-state index contributed by atoms with van der Waals surface area (Å²) in [4.78, 5) is 10.9. The standard InChI is InChI=1S/C15H18F3NO2/c1-2-14(6-3-7-14)9-19-10-4-5-11(13(20)21)12(8-10)15(16,17)18/h4-5,8,19H,2-3,6-7,9H2,1H3,(H,20,21). The second-order valence-corrected chi connectivity index (χ2v) is 5.62. The van der Waals surface area contributed by atoms with Gasteiger partial charge in [-0.2, -0.15) is 13.2 Å². The molecule has 0 unspecified atom stereocenters. The van der Waals surface area contributed by atoms with Gasteiger partial charge in [-0.25, -0.2) is 4.79 Å². The van der Waals surface area contributed by atoms with E-state index in [0.717, 1.165) is 37.8 Å². The molecule has 21 heavy (non-hydrogen) atoms. The van der Waals surface area contributed by atoms with E-state index in [1.165, 1.54) is 6.07 Å². The van der Waals surface area contributed by atoms with Crippen LogP contribution in [0.5, 0.6) is 0 Å². The van der Waals surface area contributed by atoms with Crippen LogP contribution >= 0.6 is 0 Å². The molecule has 1 aliphatic carbocycles. The lowest BCUT2D eigenvalue weighted by Gasteiger charge is -2.41. The van der Waals surface area contributed by atoms with Gasteiger partial charge in [0, 0.05) is 12.2 Å². The van der Waals surface area contributed by atoms with Crippen LogP contribution in [0.3, 0.4) is 0 Å².